The van der Waals surface area contributed by atoms with Gasteiger partial charge in [0.2, 0.25) is 0 Å². The topological polar surface area (TPSA) is 21.3 Å². The lowest BCUT2D eigenvalue weighted by atomic mass is 10.1. The first-order valence-corrected chi connectivity index (χ1v) is 6.86. The summed E-state index contributed by atoms with van der Waals surface area (Å²) in [6.07, 6.45) is 0.609. The lowest BCUT2D eigenvalue weighted by Crippen LogP contribution is -2.36. The quantitative estimate of drug-likeness (QED) is 0.897. The van der Waals surface area contributed by atoms with Crippen molar-refractivity contribution in [1.29, 1.82) is 0 Å². The zero-order valence-electron chi connectivity index (χ0n) is 11.4. The van der Waals surface area contributed by atoms with Crippen molar-refractivity contribution in [3.63, 3.8) is 0 Å². The summed E-state index contributed by atoms with van der Waals surface area (Å²) in [5.41, 5.74) is 0.520. The van der Waals surface area contributed by atoms with E-state index in [2.05, 4.69) is 21.2 Å². The van der Waals surface area contributed by atoms with E-state index in [-0.39, 0.29) is 17.5 Å². The fourth-order valence-electron chi connectivity index (χ4n) is 1.56. The molecule has 0 spiro atoms. The van der Waals surface area contributed by atoms with E-state index in [1.807, 2.05) is 33.9 Å². The van der Waals surface area contributed by atoms with Crippen LogP contribution in [-0.2, 0) is 11.2 Å². The van der Waals surface area contributed by atoms with Crippen molar-refractivity contribution in [3.05, 3.63) is 34.1 Å². The molecule has 102 valence electrons. The second-order valence-electron chi connectivity index (χ2n) is 5.35. The van der Waals surface area contributed by atoms with Crippen molar-refractivity contribution < 1.29 is 9.13 Å². The van der Waals surface area contributed by atoms with Crippen LogP contribution in [-0.4, -0.2) is 25.3 Å². The molecule has 0 heterocycles. The van der Waals surface area contributed by atoms with Crippen molar-refractivity contribution in [2.24, 2.45) is 0 Å². The first-order chi connectivity index (χ1) is 8.31. The highest BCUT2D eigenvalue weighted by molar-refractivity contribution is 9.10. The third kappa shape index (κ3) is 5.46. The number of nitrogens with one attached hydrogen (secondary N) is 1. The average molecular weight is 318 g/mol. The maximum Gasteiger partial charge on any atom is 0.126 e. The molecular formula is C14H21BrFNO. The number of benzene rings is 1. The highest BCUT2D eigenvalue weighted by Gasteiger charge is 2.16. The molecule has 1 N–H and O–H groups in total. The van der Waals surface area contributed by atoms with Gasteiger partial charge in [0, 0.05) is 10.5 Å². The second kappa shape index (κ2) is 6.64. The number of hydrogen-bond acceptors (Lipinski definition) is 2. The summed E-state index contributed by atoms with van der Waals surface area (Å²) < 4.78 is 20.3. The first kappa shape index (κ1) is 15.6. The lowest BCUT2D eigenvalue weighted by Gasteiger charge is -2.24. The zero-order chi connectivity index (χ0) is 13.8. The van der Waals surface area contributed by atoms with Gasteiger partial charge in [-0.05, 0) is 58.0 Å². The van der Waals surface area contributed by atoms with Crippen LogP contribution in [0.5, 0.6) is 0 Å². The molecule has 0 aliphatic heterocycles. The van der Waals surface area contributed by atoms with Gasteiger partial charge in [-0.3, -0.25) is 0 Å². The lowest BCUT2D eigenvalue weighted by molar-refractivity contribution is -0.0135. The molecule has 0 aliphatic rings. The monoisotopic (exact) mass is 317 g/mol. The van der Waals surface area contributed by atoms with Gasteiger partial charge >= 0.3 is 0 Å². The highest BCUT2D eigenvalue weighted by atomic mass is 79.9. The van der Waals surface area contributed by atoms with Gasteiger partial charge in [0.25, 0.3) is 0 Å². The summed E-state index contributed by atoms with van der Waals surface area (Å²) >= 11 is 3.36. The Morgan fingerprint density at radius 1 is 1.39 bits per heavy atom. The minimum absolute atomic E-state index is 0.105. The van der Waals surface area contributed by atoms with Crippen LogP contribution in [0.15, 0.2) is 22.7 Å². The van der Waals surface area contributed by atoms with Crippen molar-refractivity contribution >= 4 is 15.9 Å². The first-order valence-electron chi connectivity index (χ1n) is 6.07. The SMILES string of the molecule is CNC(COC(C)(C)C)Cc1cc(Br)ccc1F. The molecule has 0 radical (unpaired) electrons. The molecule has 0 saturated heterocycles. The van der Waals surface area contributed by atoms with E-state index in [9.17, 15) is 4.39 Å². The van der Waals surface area contributed by atoms with Crippen molar-refractivity contribution in [2.75, 3.05) is 13.7 Å². The normalized spacial score (nSPS) is 13.7. The van der Waals surface area contributed by atoms with Gasteiger partial charge in [-0.15, -0.1) is 0 Å². The van der Waals surface area contributed by atoms with Gasteiger partial charge in [0.15, 0.2) is 0 Å². The minimum Gasteiger partial charge on any atom is -0.374 e. The summed E-state index contributed by atoms with van der Waals surface area (Å²) in [6, 6.07) is 5.11. The predicted octanol–water partition coefficient (Wildman–Crippen LogP) is 3.53. The van der Waals surface area contributed by atoms with Gasteiger partial charge in [0.05, 0.1) is 12.2 Å². The molecule has 1 rings (SSSR count). The molecular weight excluding hydrogens is 297 g/mol. The number of likely N-dealkylation sites (N-methyl/N-ethyl adjacent to an activating group) is 1. The molecule has 2 nitrogen and oxygen atoms in total. The Morgan fingerprint density at radius 3 is 2.61 bits per heavy atom. The van der Waals surface area contributed by atoms with Gasteiger partial charge in [-0.1, -0.05) is 15.9 Å². The number of ether oxygens (including phenoxy) is 1. The molecule has 0 saturated carbocycles. The molecule has 4 heteroatoms. The Balaban J connectivity index is 2.65. The van der Waals surface area contributed by atoms with Crippen LogP contribution in [0.25, 0.3) is 0 Å². The summed E-state index contributed by atoms with van der Waals surface area (Å²) in [5, 5.41) is 3.16. The van der Waals surface area contributed by atoms with E-state index in [0.717, 1.165) is 4.47 Å². The molecule has 0 fully saturated rings. The molecule has 1 unspecified atom stereocenters. The number of rotatable bonds is 5. The van der Waals surface area contributed by atoms with E-state index < -0.39 is 0 Å². The van der Waals surface area contributed by atoms with E-state index in [1.54, 1.807) is 6.07 Å². The smallest absolute Gasteiger partial charge is 0.126 e. The van der Waals surface area contributed by atoms with Crippen molar-refractivity contribution in [1.82, 2.24) is 5.32 Å². The fourth-order valence-corrected chi connectivity index (χ4v) is 1.97. The van der Waals surface area contributed by atoms with Gasteiger partial charge in [0.1, 0.15) is 5.82 Å². The molecule has 18 heavy (non-hydrogen) atoms. The largest absolute Gasteiger partial charge is 0.374 e. The summed E-state index contributed by atoms with van der Waals surface area (Å²) in [6.45, 7) is 6.60. The predicted molar refractivity (Wildman–Crippen MR) is 76.4 cm³/mol. The van der Waals surface area contributed by atoms with Crippen LogP contribution in [0, 0.1) is 5.82 Å². The maximum atomic E-state index is 13.7. The van der Waals surface area contributed by atoms with Crippen LogP contribution >= 0.6 is 15.9 Å². The van der Waals surface area contributed by atoms with Gasteiger partial charge in [-0.2, -0.15) is 0 Å². The third-order valence-electron chi connectivity index (χ3n) is 2.60. The number of hydrogen-bond donors (Lipinski definition) is 1. The van der Waals surface area contributed by atoms with Gasteiger partial charge < -0.3 is 10.1 Å². The van der Waals surface area contributed by atoms with E-state index in [0.29, 0.717) is 18.6 Å². The van der Waals surface area contributed by atoms with Crippen LogP contribution < -0.4 is 5.32 Å². The zero-order valence-corrected chi connectivity index (χ0v) is 13.0. The Hall–Kier alpha value is -0.450. The standard InChI is InChI=1S/C14H21BrFNO/c1-14(2,3)18-9-12(17-4)8-10-7-11(15)5-6-13(10)16/h5-7,12,17H,8-9H2,1-4H3. The fraction of sp³-hybridized carbons (Fsp3) is 0.571. The minimum atomic E-state index is -0.176. The molecule has 1 aromatic rings. The Morgan fingerprint density at radius 2 is 2.06 bits per heavy atom. The molecule has 1 aromatic carbocycles. The second-order valence-corrected chi connectivity index (χ2v) is 6.26. The third-order valence-corrected chi connectivity index (χ3v) is 3.09. The average Bonchev–Trinajstić information content (AvgIpc) is 2.27. The number of halogens is 2. The van der Waals surface area contributed by atoms with Crippen LogP contribution in [0.1, 0.15) is 26.3 Å². The molecule has 0 amide bonds. The molecule has 1 atom stereocenters. The van der Waals surface area contributed by atoms with Crippen LogP contribution in [0.3, 0.4) is 0 Å². The van der Waals surface area contributed by atoms with Crippen LogP contribution in [0.4, 0.5) is 4.39 Å². The Kier molecular flexibility index (Phi) is 5.76. The van der Waals surface area contributed by atoms with Gasteiger partial charge in [-0.25, -0.2) is 4.39 Å². The Bertz CT molecular complexity index is 390. The van der Waals surface area contributed by atoms with Crippen molar-refractivity contribution in [2.45, 2.75) is 38.8 Å². The molecule has 0 aromatic heterocycles. The maximum absolute atomic E-state index is 13.7. The van der Waals surface area contributed by atoms with Crippen LogP contribution in [0.2, 0.25) is 0 Å². The summed E-state index contributed by atoms with van der Waals surface area (Å²) in [4.78, 5) is 0. The Labute approximate surface area is 117 Å². The molecule has 0 aliphatic carbocycles. The van der Waals surface area contributed by atoms with Crippen molar-refractivity contribution in [3.8, 4) is 0 Å². The summed E-state index contributed by atoms with van der Waals surface area (Å²) in [5.74, 6) is -0.172. The highest BCUT2D eigenvalue weighted by Crippen LogP contribution is 2.17. The van der Waals surface area contributed by atoms with E-state index in [1.165, 1.54) is 6.07 Å². The van der Waals surface area contributed by atoms with E-state index >= 15 is 0 Å². The summed E-state index contributed by atoms with van der Waals surface area (Å²) in [7, 11) is 1.87. The van der Waals surface area contributed by atoms with E-state index in [4.69, 9.17) is 4.74 Å². The molecule has 0 bridgehead atoms.